The van der Waals surface area contributed by atoms with Gasteiger partial charge in [-0.2, -0.15) is 4.98 Å². The Kier molecular flexibility index (Phi) is 5.14. The quantitative estimate of drug-likeness (QED) is 0.543. The second-order valence-electron chi connectivity index (χ2n) is 5.54. The number of amides is 1. The Labute approximate surface area is 152 Å². The molecule has 0 saturated carbocycles. The van der Waals surface area contributed by atoms with Gasteiger partial charge in [-0.15, -0.1) is 0 Å². The van der Waals surface area contributed by atoms with Crippen molar-refractivity contribution in [3.8, 4) is 0 Å². The zero-order chi connectivity index (χ0) is 18.0. The first-order valence-corrected chi connectivity index (χ1v) is 9.22. The summed E-state index contributed by atoms with van der Waals surface area (Å²) in [4.78, 5) is 26.8. The summed E-state index contributed by atoms with van der Waals surface area (Å²) >= 11 is 2.75. The maximum Gasteiger partial charge on any atom is 0.234 e. The fraction of sp³-hybridized carbons (Fsp3) is 0.250. The van der Waals surface area contributed by atoms with Gasteiger partial charge in [0.05, 0.1) is 11.4 Å². The SMILES string of the molecule is Cc1ccc(NC(=O)CSc2ncnc3nc(N(C)C)sc23)c(F)c1. The third-order valence-corrected chi connectivity index (χ3v) is 5.61. The number of thiazole rings is 1. The zero-order valence-corrected chi connectivity index (χ0v) is 15.5. The van der Waals surface area contributed by atoms with E-state index in [-0.39, 0.29) is 17.3 Å². The van der Waals surface area contributed by atoms with Crippen LogP contribution in [-0.2, 0) is 4.79 Å². The summed E-state index contributed by atoms with van der Waals surface area (Å²) in [5.74, 6) is -0.619. The number of hydrogen-bond acceptors (Lipinski definition) is 7. The van der Waals surface area contributed by atoms with E-state index >= 15 is 0 Å². The average molecular weight is 377 g/mol. The topological polar surface area (TPSA) is 71.0 Å². The number of anilines is 2. The van der Waals surface area contributed by atoms with E-state index in [0.717, 1.165) is 15.4 Å². The predicted octanol–water partition coefficient (Wildman–Crippen LogP) is 3.33. The molecule has 0 aliphatic heterocycles. The van der Waals surface area contributed by atoms with Gasteiger partial charge in [-0.25, -0.2) is 14.4 Å². The Morgan fingerprint density at radius 3 is 2.88 bits per heavy atom. The number of nitrogens with one attached hydrogen (secondary N) is 1. The van der Waals surface area contributed by atoms with Crippen LogP contribution in [0.4, 0.5) is 15.2 Å². The molecule has 0 atom stereocenters. The molecule has 2 heterocycles. The smallest absolute Gasteiger partial charge is 0.234 e. The van der Waals surface area contributed by atoms with Gasteiger partial charge in [-0.3, -0.25) is 4.79 Å². The number of fused-ring (bicyclic) bond motifs is 1. The van der Waals surface area contributed by atoms with Gasteiger partial charge in [-0.1, -0.05) is 29.2 Å². The van der Waals surface area contributed by atoms with E-state index in [9.17, 15) is 9.18 Å². The molecule has 0 saturated heterocycles. The highest BCUT2D eigenvalue weighted by Crippen LogP contribution is 2.32. The van der Waals surface area contributed by atoms with E-state index in [4.69, 9.17) is 0 Å². The molecule has 0 aliphatic rings. The van der Waals surface area contributed by atoms with Crippen molar-refractivity contribution in [3.05, 3.63) is 35.9 Å². The molecule has 0 aliphatic carbocycles. The number of rotatable bonds is 5. The molecule has 25 heavy (non-hydrogen) atoms. The summed E-state index contributed by atoms with van der Waals surface area (Å²) < 4.78 is 14.6. The molecule has 3 rings (SSSR count). The maximum atomic E-state index is 13.8. The number of nitrogens with zero attached hydrogens (tertiary/aromatic N) is 4. The average Bonchev–Trinajstić information content (AvgIpc) is 3.00. The van der Waals surface area contributed by atoms with Crippen LogP contribution in [0.1, 0.15) is 5.56 Å². The fourth-order valence-electron chi connectivity index (χ4n) is 2.06. The number of halogens is 1. The molecule has 0 spiro atoms. The summed E-state index contributed by atoms with van der Waals surface area (Å²) in [5, 5.41) is 4.09. The van der Waals surface area contributed by atoms with Crippen LogP contribution in [0.3, 0.4) is 0 Å². The van der Waals surface area contributed by atoms with Gasteiger partial charge >= 0.3 is 0 Å². The van der Waals surface area contributed by atoms with Gasteiger partial charge in [-0.05, 0) is 24.6 Å². The monoisotopic (exact) mass is 377 g/mol. The maximum absolute atomic E-state index is 13.8. The van der Waals surface area contributed by atoms with Crippen LogP contribution in [-0.4, -0.2) is 40.7 Å². The highest BCUT2D eigenvalue weighted by Gasteiger charge is 2.14. The first kappa shape index (κ1) is 17.6. The number of thioether (sulfide) groups is 1. The first-order valence-electron chi connectivity index (χ1n) is 7.41. The number of carbonyl (C=O) groups excluding carboxylic acids is 1. The Morgan fingerprint density at radius 2 is 2.16 bits per heavy atom. The van der Waals surface area contributed by atoms with Crippen LogP contribution < -0.4 is 10.2 Å². The lowest BCUT2D eigenvalue weighted by Gasteiger charge is -2.07. The van der Waals surface area contributed by atoms with Crippen molar-refractivity contribution in [2.24, 2.45) is 0 Å². The van der Waals surface area contributed by atoms with Crippen molar-refractivity contribution < 1.29 is 9.18 Å². The first-order chi connectivity index (χ1) is 11.9. The van der Waals surface area contributed by atoms with Crippen molar-refractivity contribution in [2.75, 3.05) is 30.1 Å². The van der Waals surface area contributed by atoms with Crippen LogP contribution in [0.25, 0.3) is 10.3 Å². The number of aryl methyl sites for hydroxylation is 1. The van der Waals surface area contributed by atoms with Crippen molar-refractivity contribution in [1.82, 2.24) is 15.0 Å². The summed E-state index contributed by atoms with van der Waals surface area (Å²) in [6.45, 7) is 1.79. The van der Waals surface area contributed by atoms with Crippen LogP contribution in [0.2, 0.25) is 0 Å². The van der Waals surface area contributed by atoms with Crippen LogP contribution in [0, 0.1) is 12.7 Å². The summed E-state index contributed by atoms with van der Waals surface area (Å²) in [6, 6.07) is 4.69. The van der Waals surface area contributed by atoms with Gasteiger partial charge in [0, 0.05) is 14.1 Å². The van der Waals surface area contributed by atoms with Crippen LogP contribution >= 0.6 is 23.1 Å². The molecule has 0 bridgehead atoms. The number of benzene rings is 1. The molecule has 1 N–H and O–H groups in total. The second-order valence-corrected chi connectivity index (χ2v) is 7.48. The number of aromatic nitrogens is 3. The molecule has 3 aromatic rings. The normalized spacial score (nSPS) is 10.9. The van der Waals surface area contributed by atoms with Crippen molar-refractivity contribution in [2.45, 2.75) is 11.9 Å². The molecule has 0 fully saturated rings. The van der Waals surface area contributed by atoms with Gasteiger partial charge in [0.15, 0.2) is 10.8 Å². The summed E-state index contributed by atoms with van der Waals surface area (Å²) in [5.41, 5.74) is 1.59. The molecule has 1 aromatic carbocycles. The zero-order valence-electron chi connectivity index (χ0n) is 13.9. The van der Waals surface area contributed by atoms with Crippen LogP contribution in [0.15, 0.2) is 29.6 Å². The summed E-state index contributed by atoms with van der Waals surface area (Å²) in [6.07, 6.45) is 1.43. The fourth-order valence-corrected chi connectivity index (χ4v) is 3.87. The lowest BCUT2D eigenvalue weighted by atomic mass is 10.2. The van der Waals surface area contributed by atoms with Gasteiger partial charge in [0.1, 0.15) is 21.9 Å². The van der Waals surface area contributed by atoms with Gasteiger partial charge < -0.3 is 10.2 Å². The standard InChI is InChI=1S/C16H16FN5OS2/c1-9-4-5-11(10(17)6-9)20-12(23)7-24-15-13-14(18-8-19-15)21-16(25-13)22(2)3/h4-6,8H,7H2,1-3H3,(H,20,23). The predicted molar refractivity (Wildman–Crippen MR) is 100 cm³/mol. The molecule has 6 nitrogen and oxygen atoms in total. The summed E-state index contributed by atoms with van der Waals surface area (Å²) in [7, 11) is 3.81. The van der Waals surface area contributed by atoms with Crippen LogP contribution in [0.5, 0.6) is 0 Å². The molecule has 0 radical (unpaired) electrons. The largest absolute Gasteiger partial charge is 0.354 e. The van der Waals surface area contributed by atoms with Gasteiger partial charge in [0.2, 0.25) is 5.91 Å². The van der Waals surface area contributed by atoms with E-state index in [1.54, 1.807) is 19.1 Å². The Bertz CT molecular complexity index is 928. The Hall–Kier alpha value is -2.26. The number of carbonyl (C=O) groups is 1. The third-order valence-electron chi connectivity index (χ3n) is 3.27. The number of hydrogen-bond donors (Lipinski definition) is 1. The minimum atomic E-state index is -0.444. The van der Waals surface area contributed by atoms with E-state index in [1.807, 2.05) is 19.0 Å². The van der Waals surface area contributed by atoms with Gasteiger partial charge in [0.25, 0.3) is 0 Å². The van der Waals surface area contributed by atoms with E-state index < -0.39 is 5.82 Å². The Morgan fingerprint density at radius 1 is 1.36 bits per heavy atom. The van der Waals surface area contributed by atoms with Crippen molar-refractivity contribution >= 4 is 50.2 Å². The molecule has 130 valence electrons. The van der Waals surface area contributed by atoms with E-state index in [1.165, 1.54) is 35.5 Å². The highest BCUT2D eigenvalue weighted by molar-refractivity contribution is 8.00. The third kappa shape index (κ3) is 4.05. The molecule has 1 amide bonds. The molecular formula is C16H16FN5OS2. The molecule has 0 unspecified atom stereocenters. The van der Waals surface area contributed by atoms with Crippen molar-refractivity contribution in [1.29, 1.82) is 0 Å². The lowest BCUT2D eigenvalue weighted by Crippen LogP contribution is -2.15. The molecular weight excluding hydrogens is 361 g/mol. The van der Waals surface area contributed by atoms with Crippen molar-refractivity contribution in [3.63, 3.8) is 0 Å². The Balaban J connectivity index is 1.70. The lowest BCUT2D eigenvalue weighted by molar-refractivity contribution is -0.113. The van der Waals surface area contributed by atoms with E-state index in [0.29, 0.717) is 10.7 Å². The highest BCUT2D eigenvalue weighted by atomic mass is 32.2. The molecule has 9 heteroatoms. The second kappa shape index (κ2) is 7.32. The van der Waals surface area contributed by atoms with E-state index in [2.05, 4.69) is 20.3 Å². The minimum Gasteiger partial charge on any atom is -0.354 e. The minimum absolute atomic E-state index is 0.120. The molecule has 2 aromatic heterocycles.